The number of hydrogen-bond donors (Lipinski definition) is 0. The van der Waals surface area contributed by atoms with Crippen LogP contribution >= 0.6 is 34.2 Å². The van der Waals surface area contributed by atoms with E-state index >= 15 is 0 Å². The van der Waals surface area contributed by atoms with Crippen LogP contribution in [0.15, 0.2) is 24.5 Å². The molecule has 0 aliphatic rings. The van der Waals surface area contributed by atoms with Crippen molar-refractivity contribution in [2.75, 3.05) is 6.61 Å². The summed E-state index contributed by atoms with van der Waals surface area (Å²) in [5.41, 5.74) is 2.50. The summed E-state index contributed by atoms with van der Waals surface area (Å²) in [4.78, 5) is 4.28. The van der Waals surface area contributed by atoms with Crippen molar-refractivity contribution >= 4 is 39.8 Å². The molecule has 0 aliphatic carbocycles. The maximum absolute atomic E-state index is 6.43. The number of pyridine rings is 1. The summed E-state index contributed by atoms with van der Waals surface area (Å²) in [6.45, 7) is 4.55. The van der Waals surface area contributed by atoms with Crippen LogP contribution < -0.4 is 0 Å². The molecule has 0 saturated carbocycles. The van der Waals surface area contributed by atoms with Crippen LogP contribution in [0.4, 0.5) is 0 Å². The molecular formula is C13H13ClIN5O. The zero-order valence-corrected chi connectivity index (χ0v) is 14.4. The van der Waals surface area contributed by atoms with E-state index in [-0.39, 0.29) is 6.23 Å². The third-order valence-corrected chi connectivity index (χ3v) is 3.93. The Morgan fingerprint density at radius 2 is 2.24 bits per heavy atom. The van der Waals surface area contributed by atoms with Gasteiger partial charge < -0.3 is 4.74 Å². The van der Waals surface area contributed by atoms with E-state index in [1.54, 1.807) is 15.4 Å². The van der Waals surface area contributed by atoms with Crippen molar-refractivity contribution in [3.63, 3.8) is 0 Å². The first-order valence-electron chi connectivity index (χ1n) is 6.47. The highest BCUT2D eigenvalue weighted by Gasteiger charge is 2.13. The van der Waals surface area contributed by atoms with Gasteiger partial charge in [-0.05, 0) is 26.0 Å². The molecule has 1 atom stereocenters. The summed E-state index contributed by atoms with van der Waals surface area (Å²) >= 11 is 8.49. The normalized spacial score (nSPS) is 13.0. The molecule has 0 saturated heterocycles. The Bertz CT molecular complexity index is 784. The van der Waals surface area contributed by atoms with Crippen LogP contribution in [0.25, 0.3) is 16.8 Å². The molecule has 3 aromatic rings. The summed E-state index contributed by atoms with van der Waals surface area (Å²) in [6.07, 6.45) is 3.57. The summed E-state index contributed by atoms with van der Waals surface area (Å²) < 4.78 is 9.57. The van der Waals surface area contributed by atoms with Crippen LogP contribution in [-0.2, 0) is 4.74 Å². The second-order valence-corrected chi connectivity index (χ2v) is 5.78. The average molecular weight is 418 g/mol. The molecule has 3 rings (SSSR count). The van der Waals surface area contributed by atoms with E-state index in [1.807, 2.05) is 32.2 Å². The number of halogens is 2. The minimum absolute atomic E-state index is 0.112. The van der Waals surface area contributed by atoms with Gasteiger partial charge in [-0.1, -0.05) is 11.6 Å². The van der Waals surface area contributed by atoms with Gasteiger partial charge in [-0.3, -0.25) is 0 Å². The predicted molar refractivity (Wildman–Crippen MR) is 88.3 cm³/mol. The lowest BCUT2D eigenvalue weighted by Crippen LogP contribution is -2.09. The van der Waals surface area contributed by atoms with Crippen LogP contribution in [0.2, 0.25) is 5.15 Å². The van der Waals surface area contributed by atoms with Gasteiger partial charge in [0.05, 0.1) is 6.20 Å². The lowest BCUT2D eigenvalue weighted by Gasteiger charge is -2.11. The lowest BCUT2D eigenvalue weighted by molar-refractivity contribution is 0.0160. The molecule has 0 aliphatic heterocycles. The van der Waals surface area contributed by atoms with Crippen LogP contribution in [0.5, 0.6) is 0 Å². The monoisotopic (exact) mass is 417 g/mol. The Hall–Kier alpha value is -1.19. The summed E-state index contributed by atoms with van der Waals surface area (Å²) in [5, 5.41) is 9.12. The Balaban J connectivity index is 2.02. The molecule has 3 heterocycles. The van der Waals surface area contributed by atoms with Crippen molar-refractivity contribution in [2.24, 2.45) is 0 Å². The van der Waals surface area contributed by atoms with Gasteiger partial charge in [-0.15, -0.1) is 5.10 Å². The molecule has 8 heteroatoms. The van der Waals surface area contributed by atoms with Crippen molar-refractivity contribution in [3.8, 4) is 11.1 Å². The molecule has 0 radical (unpaired) electrons. The second-order valence-electron chi connectivity index (χ2n) is 4.45. The Morgan fingerprint density at radius 1 is 1.43 bits per heavy atom. The standard InChI is InChI=1S/C13H13ClIN5O/c1-3-21-8(2)19-7-9(6-16-19)10-4-5-11-17-13(15)18-20(11)12(10)14/h4-8H,3H2,1-2H3. The maximum atomic E-state index is 6.43. The molecule has 21 heavy (non-hydrogen) atoms. The first-order valence-corrected chi connectivity index (χ1v) is 7.92. The first kappa shape index (κ1) is 14.7. The van der Waals surface area contributed by atoms with Crippen LogP contribution in [0.1, 0.15) is 20.1 Å². The first-order chi connectivity index (χ1) is 10.1. The number of ether oxygens (including phenoxy) is 1. The third kappa shape index (κ3) is 2.77. The van der Waals surface area contributed by atoms with Gasteiger partial charge in [0.2, 0.25) is 3.83 Å². The Morgan fingerprint density at radius 3 is 3.00 bits per heavy atom. The molecule has 0 spiro atoms. The van der Waals surface area contributed by atoms with Crippen LogP contribution in [-0.4, -0.2) is 31.0 Å². The maximum Gasteiger partial charge on any atom is 0.212 e. The minimum Gasteiger partial charge on any atom is -0.357 e. The van der Waals surface area contributed by atoms with E-state index in [0.29, 0.717) is 15.6 Å². The minimum atomic E-state index is -0.112. The zero-order chi connectivity index (χ0) is 15.0. The molecule has 0 bridgehead atoms. The molecule has 1 unspecified atom stereocenters. The van der Waals surface area contributed by atoms with Gasteiger partial charge in [0.15, 0.2) is 5.65 Å². The van der Waals surface area contributed by atoms with E-state index in [0.717, 1.165) is 16.8 Å². The summed E-state index contributed by atoms with van der Waals surface area (Å²) in [7, 11) is 0. The number of aromatic nitrogens is 5. The highest BCUT2D eigenvalue weighted by atomic mass is 127. The highest BCUT2D eigenvalue weighted by molar-refractivity contribution is 14.1. The van der Waals surface area contributed by atoms with E-state index < -0.39 is 0 Å². The van der Waals surface area contributed by atoms with Crippen molar-refractivity contribution in [2.45, 2.75) is 20.1 Å². The van der Waals surface area contributed by atoms with Gasteiger partial charge in [-0.2, -0.15) is 5.10 Å². The zero-order valence-electron chi connectivity index (χ0n) is 11.5. The number of rotatable bonds is 4. The number of hydrogen-bond acceptors (Lipinski definition) is 4. The van der Waals surface area contributed by atoms with Gasteiger partial charge in [0, 0.05) is 46.5 Å². The van der Waals surface area contributed by atoms with E-state index in [2.05, 4.69) is 37.8 Å². The molecule has 0 fully saturated rings. The third-order valence-electron chi connectivity index (χ3n) is 3.11. The fraction of sp³-hybridized carbons (Fsp3) is 0.308. The molecule has 110 valence electrons. The van der Waals surface area contributed by atoms with Crippen molar-refractivity contribution in [3.05, 3.63) is 33.5 Å². The van der Waals surface area contributed by atoms with Gasteiger partial charge >= 0.3 is 0 Å². The summed E-state index contributed by atoms with van der Waals surface area (Å²) in [6, 6.07) is 3.81. The number of nitrogens with zero attached hydrogens (tertiary/aromatic N) is 5. The van der Waals surface area contributed by atoms with Gasteiger partial charge in [-0.25, -0.2) is 14.2 Å². The van der Waals surface area contributed by atoms with Crippen LogP contribution in [0, 0.1) is 3.83 Å². The molecule has 0 N–H and O–H groups in total. The Labute approximate surface area is 140 Å². The molecule has 6 nitrogen and oxygen atoms in total. The Kier molecular flexibility index (Phi) is 4.14. The smallest absolute Gasteiger partial charge is 0.212 e. The molecule has 0 aromatic carbocycles. The molecular weight excluding hydrogens is 405 g/mol. The van der Waals surface area contributed by atoms with Crippen LogP contribution in [0.3, 0.4) is 0 Å². The fourth-order valence-electron chi connectivity index (χ4n) is 2.10. The molecule has 0 amide bonds. The van der Waals surface area contributed by atoms with Gasteiger partial charge in [0.25, 0.3) is 0 Å². The summed E-state index contributed by atoms with van der Waals surface area (Å²) in [5.74, 6) is 0. The largest absolute Gasteiger partial charge is 0.357 e. The van der Waals surface area contributed by atoms with Crippen molar-refractivity contribution in [1.82, 2.24) is 24.4 Å². The van der Waals surface area contributed by atoms with E-state index in [4.69, 9.17) is 16.3 Å². The SMILES string of the molecule is CCOC(C)n1cc(-c2ccc3nc(I)nn3c2Cl)cn1. The van der Waals surface area contributed by atoms with Crippen molar-refractivity contribution in [1.29, 1.82) is 0 Å². The van der Waals surface area contributed by atoms with Crippen molar-refractivity contribution < 1.29 is 4.74 Å². The van der Waals surface area contributed by atoms with E-state index in [1.165, 1.54) is 0 Å². The second kappa shape index (κ2) is 5.90. The topological polar surface area (TPSA) is 57.2 Å². The highest BCUT2D eigenvalue weighted by Crippen LogP contribution is 2.28. The quantitative estimate of drug-likeness (QED) is 0.482. The number of fused-ring (bicyclic) bond motifs is 1. The lowest BCUT2D eigenvalue weighted by atomic mass is 10.2. The predicted octanol–water partition coefficient (Wildman–Crippen LogP) is 3.41. The fourth-order valence-corrected chi connectivity index (χ4v) is 2.86. The van der Waals surface area contributed by atoms with E-state index in [9.17, 15) is 0 Å². The average Bonchev–Trinajstić information content (AvgIpc) is 3.06. The molecule has 3 aromatic heterocycles. The van der Waals surface area contributed by atoms with Gasteiger partial charge in [0.1, 0.15) is 11.4 Å².